The van der Waals surface area contributed by atoms with Crippen LogP contribution < -0.4 is 9.47 Å². The molecular weight excluding hydrogens is 574 g/mol. The molecule has 242 valence electrons. The Morgan fingerprint density at radius 3 is 2.42 bits per heavy atom. The third-order valence-corrected chi connectivity index (χ3v) is 7.48. The first kappa shape index (κ1) is 33.8. The van der Waals surface area contributed by atoms with Gasteiger partial charge in [-0.15, -0.1) is 0 Å². The molecule has 2 unspecified atom stereocenters. The molecule has 3 aromatic rings. The van der Waals surface area contributed by atoms with Crippen LogP contribution >= 0.6 is 0 Å². The molecule has 9 heteroatoms. The van der Waals surface area contributed by atoms with Crippen molar-refractivity contribution in [3.05, 3.63) is 95.1 Å². The van der Waals surface area contributed by atoms with Crippen LogP contribution in [0.4, 0.5) is 4.79 Å². The second-order valence-electron chi connectivity index (χ2n) is 12.0. The second-order valence-corrected chi connectivity index (χ2v) is 12.0. The topological polar surface area (TPSA) is 92.8 Å². The van der Waals surface area contributed by atoms with Gasteiger partial charge in [0.05, 0.1) is 58.9 Å². The third kappa shape index (κ3) is 10.2. The van der Waals surface area contributed by atoms with Gasteiger partial charge in [0.1, 0.15) is 17.1 Å². The smallest absolute Gasteiger partial charge is 0.410 e. The van der Waals surface area contributed by atoms with Crippen molar-refractivity contribution in [2.75, 3.05) is 40.5 Å². The Morgan fingerprint density at radius 1 is 0.911 bits per heavy atom. The molecule has 0 aliphatic carbocycles. The Kier molecular flexibility index (Phi) is 12.2. The first-order valence-corrected chi connectivity index (χ1v) is 15.4. The highest BCUT2D eigenvalue weighted by atomic mass is 16.6. The first-order valence-electron chi connectivity index (χ1n) is 15.4. The van der Waals surface area contributed by atoms with Crippen molar-refractivity contribution in [2.24, 2.45) is 0 Å². The Labute approximate surface area is 266 Å². The number of rotatable bonds is 13. The molecule has 1 amide bonds. The molecule has 1 saturated heterocycles. The van der Waals surface area contributed by atoms with E-state index in [0.717, 1.165) is 41.0 Å². The number of benzene rings is 3. The molecule has 1 aliphatic rings. The number of piperidine rings is 1. The van der Waals surface area contributed by atoms with Crippen LogP contribution in [-0.4, -0.2) is 69.2 Å². The van der Waals surface area contributed by atoms with Crippen molar-refractivity contribution in [1.82, 2.24) is 4.90 Å². The minimum absolute atomic E-state index is 0.0601. The Morgan fingerprint density at radius 2 is 1.69 bits per heavy atom. The molecular formula is C36H45NO8. The fraction of sp³-hybridized carbons (Fsp3) is 0.444. The summed E-state index contributed by atoms with van der Waals surface area (Å²) in [5, 5.41) is 0. The van der Waals surface area contributed by atoms with E-state index in [1.54, 1.807) is 24.1 Å². The van der Waals surface area contributed by atoms with Crippen LogP contribution in [0.2, 0.25) is 0 Å². The quantitative estimate of drug-likeness (QED) is 0.153. The lowest BCUT2D eigenvalue weighted by atomic mass is 9.87. The Hall–Kier alpha value is -4.08. The van der Waals surface area contributed by atoms with E-state index in [1.165, 1.54) is 7.11 Å². The van der Waals surface area contributed by atoms with Gasteiger partial charge in [-0.05, 0) is 68.7 Å². The van der Waals surface area contributed by atoms with Crippen LogP contribution in [0.5, 0.6) is 11.5 Å². The molecule has 0 aromatic heterocycles. The largest absolute Gasteiger partial charge is 0.496 e. The normalized spacial score (nSPS) is 16.6. The van der Waals surface area contributed by atoms with E-state index in [9.17, 15) is 9.59 Å². The number of esters is 1. The van der Waals surface area contributed by atoms with E-state index in [2.05, 4.69) is 12.1 Å². The molecule has 0 N–H and O–H groups in total. The average Bonchev–Trinajstić information content (AvgIpc) is 3.04. The SMILES string of the molecule is COC(=O)c1cccc(COC2CN(C(=O)OC(C)(C)C)CCC2c2ccc(OCCCOCc3ccccc3OC)cc2)c1. The molecule has 9 nitrogen and oxygen atoms in total. The summed E-state index contributed by atoms with van der Waals surface area (Å²) in [5.74, 6) is 1.27. The summed E-state index contributed by atoms with van der Waals surface area (Å²) in [5.41, 5.74) is 2.86. The highest BCUT2D eigenvalue weighted by Crippen LogP contribution is 2.33. The maximum atomic E-state index is 12.9. The van der Waals surface area contributed by atoms with E-state index in [-0.39, 0.29) is 24.7 Å². The molecule has 1 heterocycles. The molecule has 4 rings (SSSR count). The predicted octanol–water partition coefficient (Wildman–Crippen LogP) is 6.78. The van der Waals surface area contributed by atoms with Gasteiger partial charge in [-0.2, -0.15) is 0 Å². The van der Waals surface area contributed by atoms with Crippen molar-refractivity contribution in [3.8, 4) is 11.5 Å². The van der Waals surface area contributed by atoms with Gasteiger partial charge in [-0.25, -0.2) is 9.59 Å². The maximum Gasteiger partial charge on any atom is 0.410 e. The van der Waals surface area contributed by atoms with Crippen molar-refractivity contribution < 1.29 is 38.0 Å². The van der Waals surface area contributed by atoms with Crippen molar-refractivity contribution in [1.29, 1.82) is 0 Å². The molecule has 0 bridgehead atoms. The number of nitrogens with zero attached hydrogens (tertiary/aromatic N) is 1. The summed E-state index contributed by atoms with van der Waals surface area (Å²) in [7, 11) is 3.02. The molecule has 1 fully saturated rings. The van der Waals surface area contributed by atoms with Gasteiger partial charge in [-0.3, -0.25) is 0 Å². The fourth-order valence-corrected chi connectivity index (χ4v) is 5.23. The van der Waals surface area contributed by atoms with Crippen LogP contribution in [0.3, 0.4) is 0 Å². The fourth-order valence-electron chi connectivity index (χ4n) is 5.23. The van der Waals surface area contributed by atoms with Gasteiger partial charge in [0.25, 0.3) is 0 Å². The zero-order chi connectivity index (χ0) is 32.2. The lowest BCUT2D eigenvalue weighted by Crippen LogP contribution is -2.48. The van der Waals surface area contributed by atoms with Crippen LogP contribution in [0.15, 0.2) is 72.8 Å². The van der Waals surface area contributed by atoms with Gasteiger partial charge in [-0.1, -0.05) is 42.5 Å². The van der Waals surface area contributed by atoms with E-state index in [4.69, 9.17) is 28.4 Å². The van der Waals surface area contributed by atoms with Gasteiger partial charge in [0.2, 0.25) is 0 Å². The van der Waals surface area contributed by atoms with Crippen LogP contribution in [0.25, 0.3) is 0 Å². The van der Waals surface area contributed by atoms with Gasteiger partial charge in [0, 0.05) is 24.4 Å². The Bertz CT molecular complexity index is 1380. The van der Waals surface area contributed by atoms with Crippen molar-refractivity contribution in [3.63, 3.8) is 0 Å². The van der Waals surface area contributed by atoms with E-state index >= 15 is 0 Å². The lowest BCUT2D eigenvalue weighted by Gasteiger charge is -2.39. The third-order valence-electron chi connectivity index (χ3n) is 7.48. The zero-order valence-corrected chi connectivity index (χ0v) is 27.0. The van der Waals surface area contributed by atoms with Crippen LogP contribution in [0.1, 0.15) is 66.6 Å². The number of hydrogen-bond acceptors (Lipinski definition) is 8. The Balaban J connectivity index is 1.34. The van der Waals surface area contributed by atoms with Gasteiger partial charge >= 0.3 is 12.1 Å². The van der Waals surface area contributed by atoms with E-state index in [0.29, 0.717) is 38.5 Å². The first-order chi connectivity index (χ1) is 21.7. The van der Waals surface area contributed by atoms with E-state index in [1.807, 2.05) is 69.3 Å². The van der Waals surface area contributed by atoms with Crippen molar-refractivity contribution in [2.45, 2.75) is 64.4 Å². The number of likely N-dealkylation sites (tertiary alicyclic amines) is 1. The van der Waals surface area contributed by atoms with Gasteiger partial charge in [0.15, 0.2) is 0 Å². The molecule has 45 heavy (non-hydrogen) atoms. The summed E-state index contributed by atoms with van der Waals surface area (Å²) in [4.78, 5) is 26.6. The number of carbonyl (C=O) groups excluding carboxylic acids is 2. The van der Waals surface area contributed by atoms with Crippen molar-refractivity contribution >= 4 is 12.1 Å². The second kappa shape index (κ2) is 16.3. The summed E-state index contributed by atoms with van der Waals surface area (Å²) in [6.45, 7) is 8.42. The number of hydrogen-bond donors (Lipinski definition) is 0. The molecule has 0 saturated carbocycles. The summed E-state index contributed by atoms with van der Waals surface area (Å²) in [6, 6.07) is 23.1. The standard InChI is InChI=1S/C36H45NO8/c1-36(2,3)45-35(39)37-19-18-31(33(23-37)44-24-26-10-8-12-28(22-26)34(38)41-5)27-14-16-30(17-15-27)43-21-9-20-42-25-29-11-6-7-13-32(29)40-4/h6-8,10-17,22,31,33H,9,18-21,23-25H2,1-5H3. The highest BCUT2D eigenvalue weighted by Gasteiger charge is 2.35. The molecule has 1 aliphatic heterocycles. The molecule has 0 spiro atoms. The summed E-state index contributed by atoms with van der Waals surface area (Å²) >= 11 is 0. The zero-order valence-electron chi connectivity index (χ0n) is 27.0. The number of methoxy groups -OCH3 is 2. The number of para-hydroxylation sites is 1. The lowest BCUT2D eigenvalue weighted by molar-refractivity contribution is -0.0360. The maximum absolute atomic E-state index is 12.9. The average molecular weight is 620 g/mol. The minimum atomic E-state index is -0.587. The minimum Gasteiger partial charge on any atom is -0.496 e. The number of carbonyl (C=O) groups is 2. The van der Waals surface area contributed by atoms with Crippen LogP contribution in [-0.2, 0) is 32.2 Å². The molecule has 3 aromatic carbocycles. The van der Waals surface area contributed by atoms with Crippen LogP contribution in [0, 0.1) is 0 Å². The summed E-state index contributed by atoms with van der Waals surface area (Å²) < 4.78 is 34.1. The monoisotopic (exact) mass is 619 g/mol. The number of amides is 1. The van der Waals surface area contributed by atoms with Gasteiger partial charge < -0.3 is 33.3 Å². The molecule has 2 atom stereocenters. The number of ether oxygens (including phenoxy) is 6. The highest BCUT2D eigenvalue weighted by molar-refractivity contribution is 5.89. The predicted molar refractivity (Wildman–Crippen MR) is 171 cm³/mol. The molecule has 0 radical (unpaired) electrons. The van der Waals surface area contributed by atoms with E-state index < -0.39 is 11.6 Å². The summed E-state index contributed by atoms with van der Waals surface area (Å²) in [6.07, 6.45) is 0.848.